The second-order valence-electron chi connectivity index (χ2n) is 7.53. The minimum absolute atomic E-state index is 0.000361. The predicted octanol–water partition coefficient (Wildman–Crippen LogP) is 5.11. The first-order chi connectivity index (χ1) is 16.1. The van der Waals surface area contributed by atoms with Crippen LogP contribution in [-0.4, -0.2) is 25.2 Å². The largest absolute Gasteiger partial charge is 0.442 e. The van der Waals surface area contributed by atoms with Gasteiger partial charge in [-0.15, -0.1) is 0 Å². The van der Waals surface area contributed by atoms with Crippen molar-refractivity contribution in [1.29, 1.82) is 0 Å². The number of fused-ring (bicyclic) bond motifs is 3. The van der Waals surface area contributed by atoms with Crippen molar-refractivity contribution in [2.75, 3.05) is 0 Å². The summed E-state index contributed by atoms with van der Waals surface area (Å²) < 4.78 is 7.46. The molecule has 0 spiro atoms. The zero-order chi connectivity index (χ0) is 22.9. The molecular formula is C25H19N5O3. The molecule has 1 atom stereocenters. The summed E-state index contributed by atoms with van der Waals surface area (Å²) in [6.07, 6.45) is 5.41. The zero-order valence-electron chi connectivity index (χ0n) is 18.0. The van der Waals surface area contributed by atoms with Crippen LogP contribution in [0.1, 0.15) is 48.7 Å². The lowest BCUT2D eigenvalue weighted by Crippen LogP contribution is -2.10. The Balaban J connectivity index is 1.81. The molecule has 4 aromatic rings. The first kappa shape index (κ1) is 20.4. The van der Waals surface area contributed by atoms with Gasteiger partial charge in [0.05, 0.1) is 39.8 Å². The quantitative estimate of drug-likeness (QED) is 0.252. The van der Waals surface area contributed by atoms with Crippen LogP contribution in [0.2, 0.25) is 0 Å². The first-order valence-corrected chi connectivity index (χ1v) is 10.5. The van der Waals surface area contributed by atoms with Crippen LogP contribution in [0.4, 0.5) is 5.69 Å². The van der Waals surface area contributed by atoms with Gasteiger partial charge < -0.3 is 4.42 Å². The van der Waals surface area contributed by atoms with Gasteiger partial charge in [0.1, 0.15) is 12.0 Å². The third-order valence-corrected chi connectivity index (χ3v) is 5.47. The number of hydrogen-bond donors (Lipinski definition) is 0. The van der Waals surface area contributed by atoms with Crippen LogP contribution in [0.15, 0.2) is 70.8 Å². The van der Waals surface area contributed by atoms with E-state index in [2.05, 4.69) is 21.8 Å². The monoisotopic (exact) mass is 437 g/mol. The molecule has 0 saturated carbocycles. The van der Waals surface area contributed by atoms with Crippen LogP contribution in [0.25, 0.3) is 17.1 Å². The molecule has 0 radical (unpaired) electrons. The molecule has 8 heteroatoms. The number of aliphatic imine (C=N–C) groups is 1. The van der Waals surface area contributed by atoms with E-state index in [0.717, 1.165) is 28.9 Å². The summed E-state index contributed by atoms with van der Waals surface area (Å²) in [5, 5.41) is 11.8. The summed E-state index contributed by atoms with van der Waals surface area (Å²) >= 11 is 0. The van der Waals surface area contributed by atoms with E-state index in [0.29, 0.717) is 22.7 Å². The fourth-order valence-corrected chi connectivity index (χ4v) is 4.05. The lowest BCUT2D eigenvalue weighted by atomic mass is 9.97. The van der Waals surface area contributed by atoms with Crippen molar-refractivity contribution in [1.82, 2.24) is 14.5 Å². The van der Waals surface area contributed by atoms with E-state index < -0.39 is 0 Å². The van der Waals surface area contributed by atoms with Gasteiger partial charge in [0.25, 0.3) is 5.69 Å². The molecule has 33 heavy (non-hydrogen) atoms. The number of rotatable bonds is 3. The van der Waals surface area contributed by atoms with Crippen molar-refractivity contribution in [3.05, 3.63) is 93.9 Å². The Labute approximate surface area is 189 Å². The van der Waals surface area contributed by atoms with E-state index in [-0.39, 0.29) is 16.7 Å². The molecule has 0 saturated heterocycles. The van der Waals surface area contributed by atoms with Crippen molar-refractivity contribution in [3.63, 3.8) is 0 Å². The van der Waals surface area contributed by atoms with Crippen LogP contribution >= 0.6 is 0 Å². The molecule has 0 unspecified atom stereocenters. The SMILES string of the molecule is CCC#Cc1ccc2c(c1)C(c1ccccc1[N+](=O)[O-])=N[C@H](C)c1c(-c3cnco3)ncn1-2. The Morgan fingerprint density at radius 2 is 2.06 bits per heavy atom. The number of aromatic nitrogens is 3. The summed E-state index contributed by atoms with van der Waals surface area (Å²) in [7, 11) is 0. The van der Waals surface area contributed by atoms with Crippen LogP contribution in [0.5, 0.6) is 0 Å². The van der Waals surface area contributed by atoms with Gasteiger partial charge in [0, 0.05) is 23.6 Å². The van der Waals surface area contributed by atoms with Gasteiger partial charge in [-0.1, -0.05) is 30.9 Å². The van der Waals surface area contributed by atoms with Gasteiger partial charge in [0.2, 0.25) is 0 Å². The summed E-state index contributed by atoms with van der Waals surface area (Å²) in [5.41, 5.74) is 4.81. The summed E-state index contributed by atoms with van der Waals surface area (Å²) in [6, 6.07) is 12.1. The van der Waals surface area contributed by atoms with Gasteiger partial charge in [-0.2, -0.15) is 0 Å². The average molecular weight is 437 g/mol. The average Bonchev–Trinajstić information content (AvgIpc) is 3.49. The van der Waals surface area contributed by atoms with Gasteiger partial charge in [0.15, 0.2) is 12.2 Å². The van der Waals surface area contributed by atoms with Crippen LogP contribution < -0.4 is 0 Å². The van der Waals surface area contributed by atoms with Crippen molar-refractivity contribution in [3.8, 4) is 29.0 Å². The van der Waals surface area contributed by atoms with Crippen LogP contribution in [0, 0.1) is 22.0 Å². The van der Waals surface area contributed by atoms with Crippen molar-refractivity contribution < 1.29 is 9.34 Å². The van der Waals surface area contributed by atoms with Crippen molar-refractivity contribution in [2.45, 2.75) is 26.3 Å². The molecule has 0 bridgehead atoms. The first-order valence-electron chi connectivity index (χ1n) is 10.5. The molecular weight excluding hydrogens is 418 g/mol. The fraction of sp³-hybridized carbons (Fsp3) is 0.160. The summed E-state index contributed by atoms with van der Waals surface area (Å²) in [5.74, 6) is 6.77. The molecule has 162 valence electrons. The van der Waals surface area contributed by atoms with Crippen molar-refractivity contribution in [2.24, 2.45) is 4.99 Å². The fourth-order valence-electron chi connectivity index (χ4n) is 4.05. The molecule has 2 aromatic heterocycles. The smallest absolute Gasteiger partial charge is 0.278 e. The molecule has 2 aromatic carbocycles. The Bertz CT molecular complexity index is 1450. The number of nitrogens with zero attached hydrogens (tertiary/aromatic N) is 5. The molecule has 0 N–H and O–H groups in total. The number of nitro groups is 1. The number of nitro benzene ring substituents is 1. The van der Waals surface area contributed by atoms with Crippen LogP contribution in [0.3, 0.4) is 0 Å². The summed E-state index contributed by atoms with van der Waals surface area (Å²) in [4.78, 5) is 25.0. The van der Waals surface area contributed by atoms with Crippen LogP contribution in [-0.2, 0) is 0 Å². The van der Waals surface area contributed by atoms with E-state index in [4.69, 9.17) is 9.41 Å². The van der Waals surface area contributed by atoms with Gasteiger partial charge in [-0.3, -0.25) is 19.7 Å². The van der Waals surface area contributed by atoms with E-state index in [1.807, 2.05) is 36.6 Å². The second kappa shape index (κ2) is 8.20. The number of para-hydroxylation sites is 1. The topological polar surface area (TPSA) is 99.3 Å². The molecule has 1 aliphatic rings. The number of benzene rings is 2. The van der Waals surface area contributed by atoms with Gasteiger partial charge >= 0.3 is 0 Å². The van der Waals surface area contributed by atoms with E-state index in [1.165, 1.54) is 12.5 Å². The van der Waals surface area contributed by atoms with E-state index in [1.54, 1.807) is 30.7 Å². The number of imidazole rings is 1. The third kappa shape index (κ3) is 3.49. The maximum Gasteiger partial charge on any atom is 0.278 e. The highest BCUT2D eigenvalue weighted by Gasteiger charge is 2.30. The highest BCUT2D eigenvalue weighted by molar-refractivity contribution is 6.17. The standard InChI is InChI=1S/C25H19N5O3/c1-3-4-7-17-10-11-20-19(12-17)23(18-8-5-6-9-21(18)30(31)32)28-16(2)25-24(27-14-29(20)25)22-13-26-15-33-22/h5-6,8-16H,3H2,1-2H3/t16-/m1/s1. The predicted molar refractivity (Wildman–Crippen MR) is 123 cm³/mol. The summed E-state index contributed by atoms with van der Waals surface area (Å²) in [6.45, 7) is 3.92. The third-order valence-electron chi connectivity index (χ3n) is 5.47. The Hall–Kier alpha value is -4.51. The molecule has 3 heterocycles. The molecule has 0 aliphatic carbocycles. The Kier molecular flexibility index (Phi) is 5.07. The second-order valence-corrected chi connectivity index (χ2v) is 7.53. The van der Waals surface area contributed by atoms with Crippen molar-refractivity contribution >= 4 is 11.4 Å². The van der Waals surface area contributed by atoms with E-state index in [9.17, 15) is 10.1 Å². The number of oxazole rings is 1. The maximum atomic E-state index is 11.8. The molecule has 8 nitrogen and oxygen atoms in total. The van der Waals surface area contributed by atoms with Gasteiger partial charge in [-0.05, 0) is 31.2 Å². The normalized spacial score (nSPS) is 14.4. The zero-order valence-corrected chi connectivity index (χ0v) is 18.0. The maximum absolute atomic E-state index is 11.8. The lowest BCUT2D eigenvalue weighted by molar-refractivity contribution is -0.385. The van der Waals surface area contributed by atoms with E-state index >= 15 is 0 Å². The lowest BCUT2D eigenvalue weighted by Gasteiger charge is -2.12. The Morgan fingerprint density at radius 3 is 2.82 bits per heavy atom. The minimum Gasteiger partial charge on any atom is -0.442 e. The Morgan fingerprint density at radius 1 is 1.21 bits per heavy atom. The molecule has 1 aliphatic heterocycles. The highest BCUT2D eigenvalue weighted by Crippen LogP contribution is 2.37. The van der Waals surface area contributed by atoms with Gasteiger partial charge in [-0.25, -0.2) is 9.97 Å². The molecule has 0 amide bonds. The number of hydrogen-bond acceptors (Lipinski definition) is 6. The minimum atomic E-state index is -0.379. The highest BCUT2D eigenvalue weighted by atomic mass is 16.6. The molecule has 5 rings (SSSR count). The molecule has 0 fully saturated rings.